The molecule has 0 aromatic carbocycles. The number of nitriles is 2. The van der Waals surface area contributed by atoms with Crippen LogP contribution >= 0.6 is 11.3 Å². The van der Waals surface area contributed by atoms with Gasteiger partial charge in [-0.1, -0.05) is 12.8 Å². The number of hydrogen-bond acceptors (Lipinski definition) is 5. The van der Waals surface area contributed by atoms with Gasteiger partial charge in [0.15, 0.2) is 0 Å². The van der Waals surface area contributed by atoms with Crippen LogP contribution in [-0.4, -0.2) is 14.0 Å². The summed E-state index contributed by atoms with van der Waals surface area (Å²) in [5.41, 5.74) is -0.977. The zero-order chi connectivity index (χ0) is 13.2. The van der Waals surface area contributed by atoms with Crippen LogP contribution in [0.25, 0.3) is 0 Å². The van der Waals surface area contributed by atoms with Crippen LogP contribution in [0.5, 0.6) is 0 Å². The number of sulfonamides is 1. The van der Waals surface area contributed by atoms with E-state index in [4.69, 9.17) is 10.5 Å². The fourth-order valence-electron chi connectivity index (χ4n) is 2.05. The molecule has 0 spiro atoms. The summed E-state index contributed by atoms with van der Waals surface area (Å²) in [6, 6.07) is 6.83. The van der Waals surface area contributed by atoms with Crippen LogP contribution in [0.1, 0.15) is 30.6 Å². The lowest BCUT2D eigenvalue weighted by molar-refractivity contribution is 0.486. The third kappa shape index (κ3) is 2.39. The Morgan fingerprint density at radius 2 is 1.94 bits per heavy atom. The van der Waals surface area contributed by atoms with E-state index < -0.39 is 15.6 Å². The molecule has 94 valence electrons. The average Bonchev–Trinajstić information content (AvgIpc) is 2.97. The van der Waals surface area contributed by atoms with Crippen LogP contribution in [0.3, 0.4) is 0 Å². The smallest absolute Gasteiger partial charge is 0.206 e. The van der Waals surface area contributed by atoms with Crippen molar-refractivity contribution in [3.05, 3.63) is 17.0 Å². The second-order valence-corrected chi connectivity index (χ2v) is 7.23. The summed E-state index contributed by atoms with van der Waals surface area (Å²) in [6.07, 6.45) is 2.78. The number of hydrogen-bond donors (Lipinski definition) is 1. The van der Waals surface area contributed by atoms with Gasteiger partial charge in [-0.3, -0.25) is 0 Å². The predicted molar refractivity (Wildman–Crippen MR) is 66.2 cm³/mol. The fraction of sp³-hybridized carbons (Fsp3) is 0.455. The minimum atomic E-state index is -3.71. The van der Waals surface area contributed by atoms with Crippen LogP contribution in [-0.2, 0) is 10.0 Å². The Hall–Kier alpha value is -1.41. The Bertz CT molecular complexity index is 628. The molecule has 1 heterocycles. The highest BCUT2D eigenvalue weighted by atomic mass is 32.2. The van der Waals surface area contributed by atoms with E-state index in [0.29, 0.717) is 17.7 Å². The second-order valence-electron chi connectivity index (χ2n) is 4.24. The molecule has 1 aliphatic carbocycles. The largest absolute Gasteiger partial charge is 0.251 e. The number of nitrogens with one attached hydrogen (secondary N) is 1. The van der Waals surface area contributed by atoms with Crippen LogP contribution < -0.4 is 4.72 Å². The van der Waals surface area contributed by atoms with Gasteiger partial charge in [0.2, 0.25) is 0 Å². The van der Waals surface area contributed by atoms with Crippen molar-refractivity contribution >= 4 is 21.4 Å². The van der Waals surface area contributed by atoms with Crippen LogP contribution in [0, 0.1) is 22.7 Å². The van der Waals surface area contributed by atoms with E-state index >= 15 is 0 Å². The highest BCUT2D eigenvalue weighted by Gasteiger charge is 2.38. The Balaban J connectivity index is 2.28. The van der Waals surface area contributed by atoms with E-state index in [2.05, 4.69) is 10.8 Å². The maximum absolute atomic E-state index is 12.1. The van der Waals surface area contributed by atoms with Crippen molar-refractivity contribution in [1.29, 1.82) is 10.5 Å². The summed E-state index contributed by atoms with van der Waals surface area (Å²) >= 11 is 0.911. The molecule has 18 heavy (non-hydrogen) atoms. The van der Waals surface area contributed by atoms with Gasteiger partial charge in [-0.25, -0.2) is 8.42 Å². The Morgan fingerprint density at radius 1 is 1.28 bits per heavy atom. The monoisotopic (exact) mass is 281 g/mol. The Morgan fingerprint density at radius 3 is 2.44 bits per heavy atom. The lowest BCUT2D eigenvalue weighted by Crippen LogP contribution is -2.44. The molecule has 0 atom stereocenters. The van der Waals surface area contributed by atoms with Gasteiger partial charge in [0, 0.05) is 0 Å². The van der Waals surface area contributed by atoms with Gasteiger partial charge < -0.3 is 0 Å². The molecular formula is C11H11N3O2S2. The zero-order valence-electron chi connectivity index (χ0n) is 9.51. The first-order chi connectivity index (χ1) is 8.51. The molecule has 7 heteroatoms. The fourth-order valence-corrected chi connectivity index (χ4v) is 4.53. The first kappa shape index (κ1) is 13.0. The first-order valence-electron chi connectivity index (χ1n) is 5.46. The van der Waals surface area contributed by atoms with Crippen LogP contribution in [0.15, 0.2) is 16.3 Å². The number of rotatable bonds is 3. The topological polar surface area (TPSA) is 93.8 Å². The molecule has 0 bridgehead atoms. The molecule has 0 amide bonds. The van der Waals surface area contributed by atoms with E-state index in [1.165, 1.54) is 12.1 Å². The lowest BCUT2D eigenvalue weighted by Gasteiger charge is -2.20. The molecule has 0 radical (unpaired) electrons. The molecule has 5 nitrogen and oxygen atoms in total. The molecular weight excluding hydrogens is 270 g/mol. The van der Waals surface area contributed by atoms with Crippen molar-refractivity contribution < 1.29 is 8.42 Å². The van der Waals surface area contributed by atoms with E-state index in [-0.39, 0.29) is 4.21 Å². The van der Waals surface area contributed by atoms with Gasteiger partial charge >= 0.3 is 0 Å². The summed E-state index contributed by atoms with van der Waals surface area (Å²) in [4.78, 5) is 0.341. The minimum Gasteiger partial charge on any atom is -0.206 e. The zero-order valence-corrected chi connectivity index (χ0v) is 11.1. The highest BCUT2D eigenvalue weighted by Crippen LogP contribution is 2.31. The Labute approximate surface area is 110 Å². The van der Waals surface area contributed by atoms with Gasteiger partial charge in [0.25, 0.3) is 10.0 Å². The van der Waals surface area contributed by atoms with E-state index in [9.17, 15) is 8.42 Å². The average molecular weight is 281 g/mol. The van der Waals surface area contributed by atoms with E-state index in [1.54, 1.807) is 0 Å². The number of nitrogens with zero attached hydrogens (tertiary/aromatic N) is 2. The molecule has 0 saturated heterocycles. The van der Waals surface area contributed by atoms with Crippen molar-refractivity contribution in [3.8, 4) is 12.1 Å². The van der Waals surface area contributed by atoms with E-state index in [0.717, 1.165) is 24.2 Å². The molecule has 0 unspecified atom stereocenters. The first-order valence-corrected chi connectivity index (χ1v) is 7.76. The minimum absolute atomic E-state index is 0.0839. The summed E-state index contributed by atoms with van der Waals surface area (Å²) in [5, 5.41) is 17.8. The standard InChI is InChI=1S/C11H11N3O2S2/c12-7-9-3-4-10(17-9)18(15,16)14-11(8-13)5-1-2-6-11/h3-4,14H,1-2,5-6H2. The van der Waals surface area contributed by atoms with Gasteiger partial charge in [-0.2, -0.15) is 15.2 Å². The number of thiophene rings is 1. The van der Waals surface area contributed by atoms with Crippen molar-refractivity contribution in [2.45, 2.75) is 35.4 Å². The van der Waals surface area contributed by atoms with Crippen molar-refractivity contribution in [2.75, 3.05) is 0 Å². The molecule has 2 rings (SSSR count). The SMILES string of the molecule is N#Cc1ccc(S(=O)(=O)NC2(C#N)CCCC2)s1. The molecule has 1 aliphatic rings. The van der Waals surface area contributed by atoms with Crippen molar-refractivity contribution in [1.82, 2.24) is 4.72 Å². The summed E-state index contributed by atoms with van der Waals surface area (Å²) in [5.74, 6) is 0. The predicted octanol–water partition coefficient (Wildman–Crippen LogP) is 1.73. The quantitative estimate of drug-likeness (QED) is 0.913. The van der Waals surface area contributed by atoms with Gasteiger partial charge in [0.1, 0.15) is 20.7 Å². The molecule has 1 aromatic rings. The van der Waals surface area contributed by atoms with Gasteiger partial charge in [-0.05, 0) is 25.0 Å². The Kier molecular flexibility index (Phi) is 3.40. The normalized spacial score (nSPS) is 18.1. The summed E-state index contributed by atoms with van der Waals surface area (Å²) in [7, 11) is -3.71. The highest BCUT2D eigenvalue weighted by molar-refractivity contribution is 7.91. The molecule has 1 N–H and O–H groups in total. The molecule has 1 fully saturated rings. The maximum atomic E-state index is 12.1. The molecule has 1 saturated carbocycles. The van der Waals surface area contributed by atoms with Gasteiger partial charge in [-0.15, -0.1) is 11.3 Å². The second kappa shape index (κ2) is 4.69. The van der Waals surface area contributed by atoms with Crippen molar-refractivity contribution in [2.24, 2.45) is 0 Å². The van der Waals surface area contributed by atoms with Crippen LogP contribution in [0.4, 0.5) is 0 Å². The van der Waals surface area contributed by atoms with E-state index in [1.807, 2.05) is 6.07 Å². The van der Waals surface area contributed by atoms with Gasteiger partial charge in [0.05, 0.1) is 6.07 Å². The lowest BCUT2D eigenvalue weighted by atomic mass is 10.0. The molecule has 0 aliphatic heterocycles. The third-order valence-electron chi connectivity index (χ3n) is 2.96. The third-order valence-corrected chi connectivity index (χ3v) is 5.98. The summed E-state index contributed by atoms with van der Waals surface area (Å²) < 4.78 is 26.8. The van der Waals surface area contributed by atoms with Crippen LogP contribution in [0.2, 0.25) is 0 Å². The van der Waals surface area contributed by atoms with Crippen molar-refractivity contribution in [3.63, 3.8) is 0 Å². The summed E-state index contributed by atoms with van der Waals surface area (Å²) in [6.45, 7) is 0. The molecule has 1 aromatic heterocycles. The maximum Gasteiger partial charge on any atom is 0.251 e.